The fourth-order valence-electron chi connectivity index (χ4n) is 3.49. The highest BCUT2D eigenvalue weighted by atomic mass is 32.2. The Morgan fingerprint density at radius 1 is 1.38 bits per heavy atom. The van der Waals surface area contributed by atoms with Gasteiger partial charge in [-0.05, 0) is 30.9 Å². The van der Waals surface area contributed by atoms with Crippen LogP contribution in [0.1, 0.15) is 25.0 Å². The maximum atomic E-state index is 10.9. The number of H-pyrrole nitrogens is 1. The smallest absolute Gasteiger partial charge is 0.305 e. The van der Waals surface area contributed by atoms with Crippen molar-refractivity contribution in [2.45, 2.75) is 25.3 Å². The number of benzene rings is 1. The molecule has 7 heteroatoms. The van der Waals surface area contributed by atoms with Crippen molar-refractivity contribution in [3.05, 3.63) is 30.0 Å². The number of aromatic nitrogens is 1. The number of carbonyl (C=O) groups is 1. The van der Waals surface area contributed by atoms with Gasteiger partial charge in [0.2, 0.25) is 0 Å². The van der Waals surface area contributed by atoms with Crippen molar-refractivity contribution < 1.29 is 14.6 Å². The van der Waals surface area contributed by atoms with Crippen molar-refractivity contribution in [3.63, 3.8) is 0 Å². The number of aromatic amines is 1. The fourth-order valence-corrected chi connectivity index (χ4v) is 4.52. The molecule has 26 heavy (non-hydrogen) atoms. The van der Waals surface area contributed by atoms with Crippen LogP contribution in [0.2, 0.25) is 0 Å². The predicted octanol–water partition coefficient (Wildman–Crippen LogP) is 3.34. The number of anilines is 1. The molecule has 0 aliphatic carbocycles. The zero-order valence-electron chi connectivity index (χ0n) is 14.5. The van der Waals surface area contributed by atoms with Crippen molar-refractivity contribution >= 4 is 39.4 Å². The first kappa shape index (κ1) is 17.4. The number of fused-ring (bicyclic) bond motifs is 1. The Bertz CT molecular complexity index is 827. The molecule has 0 amide bonds. The van der Waals surface area contributed by atoms with Gasteiger partial charge in [0.1, 0.15) is 5.04 Å². The average Bonchev–Trinajstić information content (AvgIpc) is 3.27. The summed E-state index contributed by atoms with van der Waals surface area (Å²) in [6.45, 7) is 2.67. The van der Waals surface area contributed by atoms with E-state index in [9.17, 15) is 4.79 Å². The summed E-state index contributed by atoms with van der Waals surface area (Å²) in [5, 5.41) is 14.6. The average molecular weight is 373 g/mol. The minimum absolute atomic E-state index is 0.0919. The Kier molecular flexibility index (Phi) is 5.17. The van der Waals surface area contributed by atoms with Gasteiger partial charge < -0.3 is 20.1 Å². The molecule has 1 fully saturated rings. The predicted molar refractivity (Wildman–Crippen MR) is 105 cm³/mol. The van der Waals surface area contributed by atoms with Gasteiger partial charge in [0, 0.05) is 30.9 Å². The minimum Gasteiger partial charge on any atom is -0.481 e. The van der Waals surface area contributed by atoms with Gasteiger partial charge in [0.25, 0.3) is 0 Å². The van der Waals surface area contributed by atoms with Gasteiger partial charge in [0.15, 0.2) is 0 Å². The first-order chi connectivity index (χ1) is 12.7. The van der Waals surface area contributed by atoms with E-state index < -0.39 is 5.97 Å². The van der Waals surface area contributed by atoms with Crippen LogP contribution < -0.4 is 5.32 Å². The number of rotatable bonds is 6. The van der Waals surface area contributed by atoms with E-state index in [1.165, 1.54) is 0 Å². The molecule has 3 heterocycles. The molecule has 4 rings (SSSR count). The van der Waals surface area contributed by atoms with Crippen molar-refractivity contribution in [1.29, 1.82) is 0 Å². The number of nitrogens with zero attached hydrogens (tertiary/aromatic N) is 1. The monoisotopic (exact) mass is 373 g/mol. The summed E-state index contributed by atoms with van der Waals surface area (Å²) in [4.78, 5) is 18.9. The molecule has 1 atom stereocenters. The van der Waals surface area contributed by atoms with Gasteiger partial charge in [-0.3, -0.25) is 9.79 Å². The van der Waals surface area contributed by atoms with Crippen LogP contribution in [0.3, 0.4) is 0 Å². The van der Waals surface area contributed by atoms with Crippen LogP contribution in [0.4, 0.5) is 5.69 Å². The first-order valence-electron chi connectivity index (χ1n) is 9.05. The molecule has 6 nitrogen and oxygen atoms in total. The number of thioether (sulfide) groups is 1. The Hall–Kier alpha value is -1.99. The molecule has 1 unspecified atom stereocenters. The standard InChI is InChI=1S/C19H23N3O3S/c23-17(24)9-14-11-26-19(21-14)16-8-13-2-1-3-15(18(13)22-16)20-10-12-4-6-25-7-5-12/h1-3,8,12,14,20,22H,4-7,9-11H2,(H,23,24). The van der Waals surface area contributed by atoms with Crippen LogP contribution in [0, 0.1) is 5.92 Å². The molecule has 3 N–H and O–H groups in total. The SMILES string of the molecule is O=C(O)CC1CSC(c2cc3cccc(NCC4CCOCC4)c3[nH]2)=N1. The molecule has 2 aromatic rings. The van der Waals surface area contributed by atoms with Crippen LogP contribution in [-0.2, 0) is 9.53 Å². The van der Waals surface area contributed by atoms with Gasteiger partial charge in [-0.25, -0.2) is 0 Å². The summed E-state index contributed by atoms with van der Waals surface area (Å²) in [6.07, 6.45) is 2.31. The summed E-state index contributed by atoms with van der Waals surface area (Å²) in [5.74, 6) is 0.586. The van der Waals surface area contributed by atoms with E-state index in [2.05, 4.69) is 39.6 Å². The highest BCUT2D eigenvalue weighted by Gasteiger charge is 2.23. The number of carboxylic acids is 1. The second-order valence-electron chi connectivity index (χ2n) is 6.89. The largest absolute Gasteiger partial charge is 0.481 e. The number of hydrogen-bond acceptors (Lipinski definition) is 5. The number of ether oxygens (including phenoxy) is 1. The van der Waals surface area contributed by atoms with Crippen LogP contribution in [0.25, 0.3) is 10.9 Å². The minimum atomic E-state index is -0.795. The van der Waals surface area contributed by atoms with Gasteiger partial charge in [-0.2, -0.15) is 0 Å². The van der Waals surface area contributed by atoms with Gasteiger partial charge in [0.05, 0.1) is 29.4 Å². The molecule has 1 aromatic carbocycles. The number of hydrogen-bond donors (Lipinski definition) is 3. The van der Waals surface area contributed by atoms with Crippen molar-refractivity contribution in [3.8, 4) is 0 Å². The lowest BCUT2D eigenvalue weighted by molar-refractivity contribution is -0.137. The number of para-hydroxylation sites is 1. The van der Waals surface area contributed by atoms with E-state index in [0.29, 0.717) is 5.92 Å². The molecule has 0 bridgehead atoms. The lowest BCUT2D eigenvalue weighted by Gasteiger charge is -2.22. The molecular formula is C19H23N3O3S. The number of aliphatic carboxylic acids is 1. The Balaban J connectivity index is 1.51. The summed E-state index contributed by atoms with van der Waals surface area (Å²) in [6, 6.07) is 8.21. The zero-order chi connectivity index (χ0) is 17.9. The van der Waals surface area contributed by atoms with Crippen LogP contribution in [0.15, 0.2) is 29.3 Å². The molecule has 0 spiro atoms. The second-order valence-corrected chi connectivity index (χ2v) is 7.90. The molecule has 0 radical (unpaired) electrons. The zero-order valence-corrected chi connectivity index (χ0v) is 15.3. The third kappa shape index (κ3) is 3.88. The number of nitrogens with one attached hydrogen (secondary N) is 2. The molecular weight excluding hydrogens is 350 g/mol. The summed E-state index contributed by atoms with van der Waals surface area (Å²) >= 11 is 1.62. The fraction of sp³-hybridized carbons (Fsp3) is 0.474. The Morgan fingerprint density at radius 3 is 3.04 bits per heavy atom. The lowest BCUT2D eigenvalue weighted by atomic mass is 10.0. The van der Waals surface area contributed by atoms with E-state index in [1.807, 2.05) is 0 Å². The lowest BCUT2D eigenvalue weighted by Crippen LogP contribution is -2.22. The molecule has 2 aliphatic heterocycles. The maximum absolute atomic E-state index is 10.9. The van der Waals surface area contributed by atoms with Crippen molar-refractivity contribution in [2.75, 3.05) is 30.8 Å². The van der Waals surface area contributed by atoms with Gasteiger partial charge in [-0.1, -0.05) is 12.1 Å². The quantitative estimate of drug-likeness (QED) is 0.723. The van der Waals surface area contributed by atoms with E-state index >= 15 is 0 Å². The van der Waals surface area contributed by atoms with E-state index in [0.717, 1.165) is 65.7 Å². The Labute approximate surface area is 156 Å². The van der Waals surface area contributed by atoms with Crippen LogP contribution >= 0.6 is 11.8 Å². The molecule has 138 valence electrons. The third-order valence-electron chi connectivity index (χ3n) is 4.93. The molecule has 1 saturated heterocycles. The molecule has 0 saturated carbocycles. The van der Waals surface area contributed by atoms with Crippen LogP contribution in [-0.4, -0.2) is 52.7 Å². The normalized spacial score (nSPS) is 21.1. The van der Waals surface area contributed by atoms with Gasteiger partial charge in [-0.15, -0.1) is 11.8 Å². The van der Waals surface area contributed by atoms with Crippen LogP contribution in [0.5, 0.6) is 0 Å². The Morgan fingerprint density at radius 2 is 2.23 bits per heavy atom. The second kappa shape index (κ2) is 7.72. The van der Waals surface area contributed by atoms with E-state index in [4.69, 9.17) is 9.84 Å². The number of aliphatic imine (C=N–C) groups is 1. The summed E-state index contributed by atoms with van der Waals surface area (Å²) in [7, 11) is 0. The maximum Gasteiger partial charge on any atom is 0.305 e. The van der Waals surface area contributed by atoms with Crippen molar-refractivity contribution in [2.24, 2.45) is 10.9 Å². The topological polar surface area (TPSA) is 86.7 Å². The summed E-state index contributed by atoms with van der Waals surface area (Å²) < 4.78 is 5.43. The first-order valence-corrected chi connectivity index (χ1v) is 10.0. The van der Waals surface area contributed by atoms with E-state index in [-0.39, 0.29) is 12.5 Å². The molecule has 1 aromatic heterocycles. The molecule has 2 aliphatic rings. The third-order valence-corrected chi connectivity index (χ3v) is 6.08. The van der Waals surface area contributed by atoms with Crippen molar-refractivity contribution in [1.82, 2.24) is 4.98 Å². The number of carboxylic acid groups (broad SMARTS) is 1. The highest BCUT2D eigenvalue weighted by Crippen LogP contribution is 2.30. The van der Waals surface area contributed by atoms with E-state index in [1.54, 1.807) is 11.8 Å². The highest BCUT2D eigenvalue weighted by molar-refractivity contribution is 8.14. The van der Waals surface area contributed by atoms with Gasteiger partial charge >= 0.3 is 5.97 Å². The summed E-state index contributed by atoms with van der Waals surface area (Å²) in [5.41, 5.74) is 3.16.